The minimum Gasteiger partial charge on any atom is -0.384 e. The van der Waals surface area contributed by atoms with E-state index in [4.69, 9.17) is 22.7 Å². The van der Waals surface area contributed by atoms with Crippen LogP contribution in [0.2, 0.25) is 5.02 Å². The Morgan fingerprint density at radius 1 is 1.38 bits per heavy atom. The van der Waals surface area contributed by atoms with Crippen molar-refractivity contribution in [3.8, 4) is 0 Å². The van der Waals surface area contributed by atoms with Crippen LogP contribution in [0.3, 0.4) is 0 Å². The summed E-state index contributed by atoms with van der Waals surface area (Å²) in [6.07, 6.45) is 3.37. The number of aromatic nitrogens is 2. The van der Waals surface area contributed by atoms with Crippen molar-refractivity contribution in [1.29, 1.82) is 5.41 Å². The Hall–Kier alpha value is -1.81. The summed E-state index contributed by atoms with van der Waals surface area (Å²) in [7, 11) is 0. The molecule has 0 unspecified atom stereocenters. The molecule has 0 atom stereocenters. The number of amidine groups is 1. The maximum absolute atomic E-state index is 7.27. The summed E-state index contributed by atoms with van der Waals surface area (Å²) in [5.41, 5.74) is 7.18. The molecule has 0 saturated heterocycles. The number of rotatable bonds is 3. The molecular weight excluding hydrogens is 224 g/mol. The third-order valence-electron chi connectivity index (χ3n) is 2.21. The second-order valence-corrected chi connectivity index (χ2v) is 3.90. The van der Waals surface area contributed by atoms with Crippen molar-refractivity contribution in [3.05, 3.63) is 52.8 Å². The third-order valence-corrected chi connectivity index (χ3v) is 2.41. The first-order valence-electron chi connectivity index (χ1n) is 4.76. The summed E-state index contributed by atoms with van der Waals surface area (Å²) < 4.78 is 1.76. The molecule has 4 nitrogen and oxygen atoms in total. The molecule has 1 aromatic carbocycles. The van der Waals surface area contributed by atoms with Gasteiger partial charge in [-0.25, -0.2) is 0 Å². The summed E-state index contributed by atoms with van der Waals surface area (Å²) in [5, 5.41) is 12.0. The first-order valence-corrected chi connectivity index (χ1v) is 5.14. The molecule has 0 bridgehead atoms. The van der Waals surface area contributed by atoms with Crippen molar-refractivity contribution in [2.75, 3.05) is 0 Å². The topological polar surface area (TPSA) is 67.7 Å². The number of nitrogens with one attached hydrogen (secondary N) is 1. The molecule has 0 aliphatic rings. The molecule has 0 aliphatic heterocycles. The van der Waals surface area contributed by atoms with E-state index < -0.39 is 0 Å². The molecule has 3 N–H and O–H groups in total. The van der Waals surface area contributed by atoms with Crippen LogP contribution in [0.25, 0.3) is 0 Å². The zero-order valence-corrected chi connectivity index (χ0v) is 9.28. The zero-order valence-electron chi connectivity index (χ0n) is 8.52. The SMILES string of the molecule is N=C(N)c1ccc(Cn2cc(Cl)cn2)cc1. The lowest BCUT2D eigenvalue weighted by Gasteiger charge is -2.03. The molecule has 16 heavy (non-hydrogen) atoms. The standard InChI is InChI=1S/C11H11ClN4/c12-10-5-15-16(7-10)6-8-1-3-9(4-2-8)11(13)14/h1-5,7H,6H2,(H3,13,14). The lowest BCUT2D eigenvalue weighted by molar-refractivity contribution is 0.687. The fraction of sp³-hybridized carbons (Fsp3) is 0.0909. The fourth-order valence-corrected chi connectivity index (χ4v) is 1.56. The van der Waals surface area contributed by atoms with Gasteiger partial charge in [0.25, 0.3) is 0 Å². The van der Waals surface area contributed by atoms with E-state index in [9.17, 15) is 0 Å². The molecule has 2 aromatic rings. The Bertz CT molecular complexity index is 501. The largest absolute Gasteiger partial charge is 0.384 e. The zero-order chi connectivity index (χ0) is 11.5. The van der Waals surface area contributed by atoms with E-state index in [1.54, 1.807) is 17.1 Å². The smallest absolute Gasteiger partial charge is 0.122 e. The highest BCUT2D eigenvalue weighted by molar-refractivity contribution is 6.30. The Labute approximate surface area is 98.2 Å². The molecule has 0 amide bonds. The number of nitrogens with two attached hydrogens (primary N) is 1. The van der Waals surface area contributed by atoms with Gasteiger partial charge in [0.05, 0.1) is 17.8 Å². The predicted molar refractivity (Wildman–Crippen MR) is 63.8 cm³/mol. The van der Waals surface area contributed by atoms with Crippen LogP contribution in [-0.4, -0.2) is 15.6 Å². The van der Waals surface area contributed by atoms with Gasteiger partial charge in [-0.1, -0.05) is 35.9 Å². The second kappa shape index (κ2) is 4.37. The lowest BCUT2D eigenvalue weighted by atomic mass is 10.1. The van der Waals surface area contributed by atoms with Crippen LogP contribution in [0.15, 0.2) is 36.7 Å². The van der Waals surface area contributed by atoms with Gasteiger partial charge in [-0.3, -0.25) is 10.1 Å². The number of hydrogen-bond acceptors (Lipinski definition) is 2. The first kappa shape index (κ1) is 10.7. The fourth-order valence-electron chi connectivity index (χ4n) is 1.40. The lowest BCUT2D eigenvalue weighted by Crippen LogP contribution is -2.10. The Kier molecular flexibility index (Phi) is 2.92. The van der Waals surface area contributed by atoms with E-state index in [-0.39, 0.29) is 5.84 Å². The van der Waals surface area contributed by atoms with Crippen LogP contribution >= 0.6 is 11.6 Å². The summed E-state index contributed by atoms with van der Waals surface area (Å²) in [5.74, 6) is 0.0775. The van der Waals surface area contributed by atoms with Crippen molar-refractivity contribution in [2.45, 2.75) is 6.54 Å². The van der Waals surface area contributed by atoms with Gasteiger partial charge in [0.2, 0.25) is 0 Å². The maximum Gasteiger partial charge on any atom is 0.122 e. The van der Waals surface area contributed by atoms with E-state index in [0.717, 1.165) is 11.1 Å². The molecule has 2 rings (SSSR count). The minimum absolute atomic E-state index is 0.0775. The quantitative estimate of drug-likeness (QED) is 0.629. The van der Waals surface area contributed by atoms with Gasteiger partial charge in [-0.15, -0.1) is 0 Å². The van der Waals surface area contributed by atoms with Crippen LogP contribution in [0.1, 0.15) is 11.1 Å². The predicted octanol–water partition coefficient (Wildman–Crippen LogP) is 1.87. The van der Waals surface area contributed by atoms with E-state index in [1.807, 2.05) is 24.3 Å². The number of benzene rings is 1. The molecular formula is C11H11ClN4. The van der Waals surface area contributed by atoms with Crippen molar-refractivity contribution >= 4 is 17.4 Å². The molecule has 0 radical (unpaired) electrons. The van der Waals surface area contributed by atoms with Crippen molar-refractivity contribution in [3.63, 3.8) is 0 Å². The maximum atomic E-state index is 7.27. The average molecular weight is 235 g/mol. The van der Waals surface area contributed by atoms with E-state index in [1.165, 1.54) is 0 Å². The molecule has 82 valence electrons. The molecule has 0 spiro atoms. The molecule has 1 aromatic heterocycles. The summed E-state index contributed by atoms with van der Waals surface area (Å²) >= 11 is 5.77. The van der Waals surface area contributed by atoms with Crippen molar-refractivity contribution < 1.29 is 0 Å². The van der Waals surface area contributed by atoms with E-state index in [0.29, 0.717) is 11.6 Å². The number of halogens is 1. The highest BCUT2D eigenvalue weighted by Gasteiger charge is 1.99. The van der Waals surface area contributed by atoms with Gasteiger partial charge in [0.1, 0.15) is 5.84 Å². The highest BCUT2D eigenvalue weighted by atomic mass is 35.5. The van der Waals surface area contributed by atoms with E-state index >= 15 is 0 Å². The van der Waals surface area contributed by atoms with Crippen LogP contribution in [-0.2, 0) is 6.54 Å². The van der Waals surface area contributed by atoms with Crippen LogP contribution < -0.4 is 5.73 Å². The highest BCUT2D eigenvalue weighted by Crippen LogP contribution is 2.09. The molecule has 5 heteroatoms. The monoisotopic (exact) mass is 234 g/mol. The third kappa shape index (κ3) is 2.41. The average Bonchev–Trinajstić information content (AvgIpc) is 2.65. The van der Waals surface area contributed by atoms with Crippen molar-refractivity contribution in [1.82, 2.24) is 9.78 Å². The van der Waals surface area contributed by atoms with Gasteiger partial charge < -0.3 is 5.73 Å². The summed E-state index contributed by atoms with van der Waals surface area (Å²) in [4.78, 5) is 0. The Morgan fingerprint density at radius 2 is 2.06 bits per heavy atom. The molecule has 0 fully saturated rings. The van der Waals surface area contributed by atoms with Gasteiger partial charge in [-0.05, 0) is 5.56 Å². The van der Waals surface area contributed by atoms with E-state index in [2.05, 4.69) is 5.10 Å². The van der Waals surface area contributed by atoms with Crippen LogP contribution in [0.5, 0.6) is 0 Å². The van der Waals surface area contributed by atoms with Gasteiger partial charge in [0, 0.05) is 11.8 Å². The summed E-state index contributed by atoms with van der Waals surface area (Å²) in [6.45, 7) is 0.658. The van der Waals surface area contributed by atoms with Crippen molar-refractivity contribution in [2.24, 2.45) is 5.73 Å². The molecule has 0 aliphatic carbocycles. The first-order chi connectivity index (χ1) is 7.65. The normalized spacial score (nSPS) is 10.3. The Morgan fingerprint density at radius 3 is 2.56 bits per heavy atom. The van der Waals surface area contributed by atoms with Crippen LogP contribution in [0.4, 0.5) is 0 Å². The number of nitrogens with zero attached hydrogens (tertiary/aromatic N) is 2. The van der Waals surface area contributed by atoms with Gasteiger partial charge in [0.15, 0.2) is 0 Å². The molecule has 1 heterocycles. The summed E-state index contributed by atoms with van der Waals surface area (Å²) in [6, 6.07) is 7.49. The number of nitrogen functional groups attached to an aromatic ring is 1. The van der Waals surface area contributed by atoms with Crippen LogP contribution in [0, 0.1) is 5.41 Å². The molecule has 0 saturated carbocycles. The minimum atomic E-state index is 0.0775. The van der Waals surface area contributed by atoms with Gasteiger partial charge >= 0.3 is 0 Å². The van der Waals surface area contributed by atoms with Gasteiger partial charge in [-0.2, -0.15) is 5.10 Å². The number of hydrogen-bond donors (Lipinski definition) is 2. The Balaban J connectivity index is 2.14. The second-order valence-electron chi connectivity index (χ2n) is 3.47.